The Morgan fingerprint density at radius 2 is 1.97 bits per heavy atom. The smallest absolute Gasteiger partial charge is 0.416 e. The number of hydrogen-bond donors (Lipinski definition) is 2. The highest BCUT2D eigenvalue weighted by Gasteiger charge is 2.35. The normalized spacial score (nSPS) is 16.2. The van der Waals surface area contributed by atoms with Crippen molar-refractivity contribution in [3.05, 3.63) is 65.0 Å². The number of nitrogens with one attached hydrogen (secondary N) is 1. The summed E-state index contributed by atoms with van der Waals surface area (Å²) in [4.78, 5) is 12.6. The van der Waals surface area contributed by atoms with Gasteiger partial charge >= 0.3 is 12.1 Å². The molecule has 1 aliphatic heterocycles. The van der Waals surface area contributed by atoms with E-state index in [0.29, 0.717) is 36.9 Å². The summed E-state index contributed by atoms with van der Waals surface area (Å²) in [6.45, 7) is 2.17. The van der Waals surface area contributed by atoms with Gasteiger partial charge in [0.1, 0.15) is 10.6 Å². The Balaban J connectivity index is 1.81. The number of aryl methyl sites for hydroxylation is 1. The first kappa shape index (κ1) is 25.4. The molecule has 1 aliphatic rings. The van der Waals surface area contributed by atoms with Crippen molar-refractivity contribution in [2.75, 3.05) is 23.3 Å². The predicted octanol–water partition coefficient (Wildman–Crippen LogP) is 4.85. The Bertz CT molecular complexity index is 1400. The number of aromatic nitrogens is 1. The van der Waals surface area contributed by atoms with Gasteiger partial charge < -0.3 is 19.3 Å². The highest BCUT2D eigenvalue weighted by atomic mass is 32.2. The highest BCUT2D eigenvalue weighted by molar-refractivity contribution is 7.92. The minimum atomic E-state index is -4.73. The fraction of sp³-hybridized carbons (Fsp3) is 0.304. The molecule has 36 heavy (non-hydrogen) atoms. The molecule has 2 aromatic carbocycles. The van der Waals surface area contributed by atoms with Gasteiger partial charge in [0.15, 0.2) is 5.76 Å². The van der Waals surface area contributed by atoms with Gasteiger partial charge in [-0.1, -0.05) is 5.16 Å². The van der Waals surface area contributed by atoms with Crippen LogP contribution in [0, 0.1) is 6.92 Å². The Labute approximate surface area is 204 Å². The van der Waals surface area contributed by atoms with Gasteiger partial charge in [0, 0.05) is 12.6 Å². The number of halogens is 3. The number of rotatable bonds is 7. The lowest BCUT2D eigenvalue weighted by Gasteiger charge is -2.28. The lowest BCUT2D eigenvalue weighted by molar-refractivity contribution is -0.137. The Morgan fingerprint density at radius 1 is 1.22 bits per heavy atom. The van der Waals surface area contributed by atoms with Crippen LogP contribution in [0.15, 0.2) is 51.9 Å². The Kier molecular flexibility index (Phi) is 6.60. The molecule has 0 amide bonds. The number of ether oxygens (including phenoxy) is 1. The van der Waals surface area contributed by atoms with Crippen LogP contribution in [0.1, 0.15) is 46.3 Å². The third kappa shape index (κ3) is 4.96. The zero-order chi connectivity index (χ0) is 26.3. The molecule has 9 nitrogen and oxygen atoms in total. The van der Waals surface area contributed by atoms with Crippen LogP contribution >= 0.6 is 0 Å². The average Bonchev–Trinajstić information content (AvgIpc) is 3.46. The Morgan fingerprint density at radius 3 is 2.58 bits per heavy atom. The highest BCUT2D eigenvalue weighted by Crippen LogP contribution is 2.43. The molecule has 3 aromatic rings. The molecule has 1 unspecified atom stereocenters. The van der Waals surface area contributed by atoms with Crippen LogP contribution in [0.3, 0.4) is 0 Å². The first-order valence-electron chi connectivity index (χ1n) is 10.8. The van der Waals surface area contributed by atoms with Gasteiger partial charge in [-0.15, -0.1) is 0 Å². The minimum absolute atomic E-state index is 0.169. The SMILES string of the molecule is COc1ccc(C(=O)O)cc1S(=O)(=O)Nc1cc(C(F)(F)F)ccc1N1CCCC1c1cc(C)no1. The maximum atomic E-state index is 13.5. The van der Waals surface area contributed by atoms with Crippen molar-refractivity contribution in [3.8, 4) is 5.75 Å². The van der Waals surface area contributed by atoms with Gasteiger partial charge in [-0.05, 0) is 56.2 Å². The van der Waals surface area contributed by atoms with E-state index < -0.39 is 32.6 Å². The monoisotopic (exact) mass is 525 g/mol. The van der Waals surface area contributed by atoms with E-state index >= 15 is 0 Å². The van der Waals surface area contributed by atoms with E-state index in [1.807, 2.05) is 0 Å². The van der Waals surface area contributed by atoms with E-state index in [0.717, 1.165) is 24.3 Å². The number of aromatic carboxylic acids is 1. The summed E-state index contributed by atoms with van der Waals surface area (Å²) in [7, 11) is -3.38. The molecule has 1 atom stereocenters. The van der Waals surface area contributed by atoms with E-state index in [-0.39, 0.29) is 28.7 Å². The van der Waals surface area contributed by atoms with Crippen molar-refractivity contribution in [3.63, 3.8) is 0 Å². The van der Waals surface area contributed by atoms with Crippen molar-refractivity contribution >= 4 is 27.4 Å². The van der Waals surface area contributed by atoms with Gasteiger partial charge in [0.25, 0.3) is 10.0 Å². The van der Waals surface area contributed by atoms with Crippen LogP contribution in [0.5, 0.6) is 5.75 Å². The molecule has 4 rings (SSSR count). The number of carboxylic acid groups (broad SMARTS) is 1. The van der Waals surface area contributed by atoms with E-state index in [1.165, 1.54) is 13.2 Å². The number of nitrogens with zero attached hydrogens (tertiary/aromatic N) is 2. The molecule has 1 fully saturated rings. The molecule has 0 spiro atoms. The van der Waals surface area contributed by atoms with Crippen LogP contribution in [0.25, 0.3) is 0 Å². The second-order valence-electron chi connectivity index (χ2n) is 8.23. The minimum Gasteiger partial charge on any atom is -0.495 e. The lowest BCUT2D eigenvalue weighted by Crippen LogP contribution is -2.25. The van der Waals surface area contributed by atoms with E-state index in [2.05, 4.69) is 9.88 Å². The zero-order valence-corrected chi connectivity index (χ0v) is 20.0. The van der Waals surface area contributed by atoms with Crippen LogP contribution in [0.2, 0.25) is 0 Å². The first-order valence-corrected chi connectivity index (χ1v) is 12.2. The summed E-state index contributed by atoms with van der Waals surface area (Å²) in [5, 5.41) is 13.2. The third-order valence-electron chi connectivity index (χ3n) is 5.81. The molecular weight excluding hydrogens is 503 g/mol. The number of hydrogen-bond acceptors (Lipinski definition) is 7. The van der Waals surface area contributed by atoms with Crippen molar-refractivity contribution in [2.24, 2.45) is 0 Å². The van der Waals surface area contributed by atoms with E-state index in [9.17, 15) is 31.5 Å². The molecule has 1 saturated heterocycles. The summed E-state index contributed by atoms with van der Waals surface area (Å²) in [5.74, 6) is -1.04. The second kappa shape index (κ2) is 9.37. The quantitative estimate of drug-likeness (QED) is 0.449. The van der Waals surface area contributed by atoms with Crippen molar-refractivity contribution in [1.29, 1.82) is 0 Å². The lowest BCUT2D eigenvalue weighted by atomic mass is 10.1. The number of benzene rings is 2. The number of alkyl halides is 3. The van der Waals surface area contributed by atoms with Crippen molar-refractivity contribution in [1.82, 2.24) is 5.16 Å². The third-order valence-corrected chi connectivity index (χ3v) is 7.19. The summed E-state index contributed by atoms with van der Waals surface area (Å²) < 4.78 is 79.9. The molecule has 1 aromatic heterocycles. The number of carboxylic acids is 1. The van der Waals surface area contributed by atoms with Crippen LogP contribution in [-0.4, -0.2) is 38.3 Å². The fourth-order valence-corrected chi connectivity index (χ4v) is 5.42. The molecule has 13 heteroatoms. The molecule has 0 aliphatic carbocycles. The molecule has 0 saturated carbocycles. The maximum Gasteiger partial charge on any atom is 0.416 e. The molecular formula is C23H22F3N3O6S. The summed E-state index contributed by atoms with van der Waals surface area (Å²) >= 11 is 0. The largest absolute Gasteiger partial charge is 0.495 e. The predicted molar refractivity (Wildman–Crippen MR) is 123 cm³/mol. The van der Waals surface area contributed by atoms with Gasteiger partial charge in [-0.25, -0.2) is 13.2 Å². The molecule has 2 N–H and O–H groups in total. The van der Waals surface area contributed by atoms with Gasteiger partial charge in [0.05, 0.1) is 41.3 Å². The molecule has 2 heterocycles. The van der Waals surface area contributed by atoms with Crippen molar-refractivity contribution in [2.45, 2.75) is 36.9 Å². The van der Waals surface area contributed by atoms with Gasteiger partial charge in [0.2, 0.25) is 0 Å². The van der Waals surface area contributed by atoms with Gasteiger partial charge in [-0.2, -0.15) is 13.2 Å². The van der Waals surface area contributed by atoms with E-state index in [1.54, 1.807) is 17.9 Å². The zero-order valence-electron chi connectivity index (χ0n) is 19.2. The summed E-state index contributed by atoms with van der Waals surface area (Å²) in [6.07, 6.45) is -3.42. The summed E-state index contributed by atoms with van der Waals surface area (Å²) in [6, 6.07) is 7.34. The topological polar surface area (TPSA) is 122 Å². The molecule has 192 valence electrons. The van der Waals surface area contributed by atoms with E-state index in [4.69, 9.17) is 9.26 Å². The van der Waals surface area contributed by atoms with Crippen LogP contribution in [0.4, 0.5) is 24.5 Å². The van der Waals surface area contributed by atoms with Crippen LogP contribution in [-0.2, 0) is 16.2 Å². The molecule has 0 bridgehead atoms. The second-order valence-corrected chi connectivity index (χ2v) is 9.88. The average molecular weight is 526 g/mol. The van der Waals surface area contributed by atoms with Crippen LogP contribution < -0.4 is 14.4 Å². The summed E-state index contributed by atoms with van der Waals surface area (Å²) in [5.41, 5.74) is -0.870. The number of methoxy groups -OCH3 is 1. The standard InChI is InChI=1S/C23H22F3N3O6S/c1-13-10-20(35-27-13)18-4-3-9-29(18)17-7-6-15(23(24,25)26)12-16(17)28-36(32,33)21-11-14(22(30)31)5-8-19(21)34-2/h5-8,10-12,18,28H,3-4,9H2,1-2H3,(H,30,31). The van der Waals surface area contributed by atoms with Crippen molar-refractivity contribution < 1.29 is 40.8 Å². The fourth-order valence-electron chi connectivity index (χ4n) is 4.16. The number of carbonyl (C=O) groups is 1. The number of sulfonamides is 1. The Hall–Kier alpha value is -3.74. The first-order chi connectivity index (χ1) is 16.9. The maximum absolute atomic E-state index is 13.5. The number of anilines is 2. The van der Waals surface area contributed by atoms with Gasteiger partial charge in [-0.3, -0.25) is 4.72 Å². The molecule has 0 radical (unpaired) electrons.